The first-order chi connectivity index (χ1) is 7.08. The normalized spacial score (nSPS) is 19.3. The van der Waals surface area contributed by atoms with Gasteiger partial charge in [-0.3, -0.25) is 4.79 Å². The monoisotopic (exact) mass is 308 g/mol. The lowest BCUT2D eigenvalue weighted by atomic mass is 10.0. The van der Waals surface area contributed by atoms with Crippen molar-refractivity contribution in [1.29, 1.82) is 0 Å². The maximum Gasteiger partial charge on any atom is 0.262 e. The molecule has 0 fully saturated rings. The molecule has 0 aliphatic carbocycles. The first-order valence-corrected chi connectivity index (χ1v) is 5.97. The van der Waals surface area contributed by atoms with Crippen molar-refractivity contribution < 1.29 is 9.53 Å². The zero-order chi connectivity index (χ0) is 11.0. The maximum atomic E-state index is 11.0. The Morgan fingerprint density at radius 2 is 2.27 bits per heavy atom. The molecule has 0 amide bonds. The number of fused-ring (bicyclic) bond motifs is 1. The second-order valence-electron chi connectivity index (χ2n) is 3.33. The van der Waals surface area contributed by atoms with Gasteiger partial charge >= 0.3 is 0 Å². The number of halogens is 3. The summed E-state index contributed by atoms with van der Waals surface area (Å²) in [4.78, 5) is 11.0. The van der Waals surface area contributed by atoms with Crippen molar-refractivity contribution in [3.63, 3.8) is 0 Å². The Kier molecular flexibility index (Phi) is 3.24. The zero-order valence-corrected chi connectivity index (χ0v) is 10.7. The molecule has 0 spiro atoms. The van der Waals surface area contributed by atoms with E-state index in [0.717, 1.165) is 16.5 Å². The van der Waals surface area contributed by atoms with Gasteiger partial charge in [0.15, 0.2) is 6.10 Å². The molecular weight excluding hydrogens is 303 g/mol. The summed E-state index contributed by atoms with van der Waals surface area (Å²) in [7, 11) is 0. The molecule has 2 rings (SSSR count). The number of benzene rings is 1. The minimum Gasteiger partial charge on any atom is -0.480 e. The third-order valence-corrected chi connectivity index (χ3v) is 3.33. The fraction of sp³-hybridized carbons (Fsp3) is 0.300. The molecule has 0 saturated carbocycles. The van der Waals surface area contributed by atoms with E-state index in [-0.39, 0.29) is 0 Å². The Morgan fingerprint density at radius 1 is 1.53 bits per heavy atom. The van der Waals surface area contributed by atoms with E-state index in [9.17, 15) is 4.79 Å². The molecule has 1 heterocycles. The molecule has 0 bridgehead atoms. The van der Waals surface area contributed by atoms with Crippen LogP contribution in [0.2, 0.25) is 5.02 Å². The molecule has 0 aromatic heterocycles. The van der Waals surface area contributed by atoms with Gasteiger partial charge in [-0.1, -0.05) is 11.6 Å². The minimum absolute atomic E-state index is 0.456. The smallest absolute Gasteiger partial charge is 0.262 e. The lowest BCUT2D eigenvalue weighted by Crippen LogP contribution is -2.28. The van der Waals surface area contributed by atoms with Crippen LogP contribution in [0.3, 0.4) is 0 Å². The Labute approximate surface area is 106 Å². The van der Waals surface area contributed by atoms with Crippen molar-refractivity contribution >= 4 is 44.4 Å². The number of hydrogen-bond donors (Lipinski definition) is 0. The Balaban J connectivity index is 2.37. The number of carbonyl (C=O) groups is 1. The lowest BCUT2D eigenvalue weighted by Gasteiger charge is -2.24. The van der Waals surface area contributed by atoms with E-state index in [1.54, 1.807) is 6.07 Å². The van der Waals surface area contributed by atoms with E-state index < -0.39 is 11.3 Å². The van der Waals surface area contributed by atoms with Gasteiger partial charge in [0.2, 0.25) is 0 Å². The van der Waals surface area contributed by atoms with E-state index >= 15 is 0 Å². The summed E-state index contributed by atoms with van der Waals surface area (Å²) in [6.07, 6.45) is 0.802. The van der Waals surface area contributed by atoms with Crippen LogP contribution >= 0.6 is 39.1 Å². The molecule has 1 aliphatic heterocycles. The van der Waals surface area contributed by atoms with Gasteiger partial charge in [0.05, 0.1) is 4.47 Å². The van der Waals surface area contributed by atoms with Crippen LogP contribution in [0, 0.1) is 0 Å². The Hall–Kier alpha value is -0.250. The predicted molar refractivity (Wildman–Crippen MR) is 62.7 cm³/mol. The molecule has 1 aromatic rings. The average molecular weight is 310 g/mol. The van der Waals surface area contributed by atoms with E-state index in [2.05, 4.69) is 15.9 Å². The van der Waals surface area contributed by atoms with Gasteiger partial charge in [-0.25, -0.2) is 0 Å². The molecule has 0 radical (unpaired) electrons. The van der Waals surface area contributed by atoms with Crippen LogP contribution in [0.5, 0.6) is 5.75 Å². The average Bonchev–Trinajstić information content (AvgIpc) is 2.16. The molecule has 80 valence electrons. The summed E-state index contributed by atoms with van der Waals surface area (Å²) in [5.74, 6) is 0.671. The van der Waals surface area contributed by atoms with Crippen LogP contribution in [0.4, 0.5) is 0 Å². The standard InChI is InChI=1S/C10H7BrCl2O2/c11-7-4-6(12)3-5-1-2-8(10(13)14)15-9(5)7/h3-4,8H,1-2H2/t8-/m1/s1. The second kappa shape index (κ2) is 4.32. The third kappa shape index (κ3) is 2.30. The van der Waals surface area contributed by atoms with E-state index in [4.69, 9.17) is 27.9 Å². The lowest BCUT2D eigenvalue weighted by molar-refractivity contribution is -0.118. The van der Waals surface area contributed by atoms with Crippen molar-refractivity contribution in [3.05, 3.63) is 27.2 Å². The molecular formula is C10H7BrCl2O2. The topological polar surface area (TPSA) is 26.3 Å². The van der Waals surface area contributed by atoms with E-state index in [1.807, 2.05) is 6.07 Å². The Morgan fingerprint density at radius 3 is 2.93 bits per heavy atom. The van der Waals surface area contributed by atoms with Crippen molar-refractivity contribution in [2.75, 3.05) is 0 Å². The van der Waals surface area contributed by atoms with Crippen molar-refractivity contribution in [1.82, 2.24) is 0 Å². The zero-order valence-electron chi connectivity index (χ0n) is 7.60. The van der Waals surface area contributed by atoms with Crippen LogP contribution in [0.15, 0.2) is 16.6 Å². The van der Waals surface area contributed by atoms with Crippen LogP contribution in [0.25, 0.3) is 0 Å². The van der Waals surface area contributed by atoms with Crippen molar-refractivity contribution in [2.45, 2.75) is 18.9 Å². The maximum absolute atomic E-state index is 11.0. The molecule has 0 unspecified atom stereocenters. The molecule has 0 N–H and O–H groups in total. The summed E-state index contributed by atoms with van der Waals surface area (Å²) < 4.78 is 6.25. The van der Waals surface area contributed by atoms with Crippen molar-refractivity contribution in [3.8, 4) is 5.75 Å². The third-order valence-electron chi connectivity index (χ3n) is 2.27. The van der Waals surface area contributed by atoms with Crippen molar-refractivity contribution in [2.24, 2.45) is 0 Å². The number of ether oxygens (including phenoxy) is 1. The molecule has 2 nitrogen and oxygen atoms in total. The summed E-state index contributed by atoms with van der Waals surface area (Å²) in [5, 5.41) is 0.197. The van der Waals surface area contributed by atoms with Gasteiger partial charge in [0.25, 0.3) is 5.24 Å². The quantitative estimate of drug-likeness (QED) is 0.741. The van der Waals surface area contributed by atoms with Crippen LogP contribution in [-0.2, 0) is 11.2 Å². The largest absolute Gasteiger partial charge is 0.480 e. The number of rotatable bonds is 1. The van der Waals surface area contributed by atoms with Gasteiger partial charge in [-0.05, 0) is 58.1 Å². The van der Waals surface area contributed by atoms with Crippen LogP contribution in [0.1, 0.15) is 12.0 Å². The van der Waals surface area contributed by atoms with Crippen LogP contribution < -0.4 is 4.74 Å². The summed E-state index contributed by atoms with van der Waals surface area (Å²) >= 11 is 14.6. The summed E-state index contributed by atoms with van der Waals surface area (Å²) in [6.45, 7) is 0. The molecule has 1 atom stereocenters. The SMILES string of the molecule is O=C(Cl)[C@H]1CCc2cc(Cl)cc(Br)c2O1. The van der Waals surface area contributed by atoms with E-state index in [0.29, 0.717) is 17.2 Å². The highest BCUT2D eigenvalue weighted by molar-refractivity contribution is 9.10. The first-order valence-electron chi connectivity index (χ1n) is 4.42. The van der Waals surface area contributed by atoms with Gasteiger partial charge in [0, 0.05) is 5.02 Å². The number of aryl methyl sites for hydroxylation is 1. The molecule has 0 saturated heterocycles. The highest BCUT2D eigenvalue weighted by Gasteiger charge is 2.26. The first kappa shape index (κ1) is 11.2. The molecule has 5 heteroatoms. The molecule has 15 heavy (non-hydrogen) atoms. The van der Waals surface area contributed by atoms with E-state index in [1.165, 1.54) is 0 Å². The number of carbonyl (C=O) groups excluding carboxylic acids is 1. The minimum atomic E-state index is -0.545. The highest BCUT2D eigenvalue weighted by atomic mass is 79.9. The molecule has 1 aliphatic rings. The summed E-state index contributed by atoms with van der Waals surface area (Å²) in [5.41, 5.74) is 1.00. The van der Waals surface area contributed by atoms with Crippen LogP contribution in [-0.4, -0.2) is 11.3 Å². The van der Waals surface area contributed by atoms with Gasteiger partial charge < -0.3 is 4.74 Å². The summed E-state index contributed by atoms with van der Waals surface area (Å²) in [6, 6.07) is 3.58. The second-order valence-corrected chi connectivity index (χ2v) is 4.99. The fourth-order valence-corrected chi connectivity index (χ4v) is 2.70. The highest BCUT2D eigenvalue weighted by Crippen LogP contribution is 2.37. The van der Waals surface area contributed by atoms with Gasteiger partial charge in [0.1, 0.15) is 5.75 Å². The predicted octanol–water partition coefficient (Wildman–Crippen LogP) is 3.56. The van der Waals surface area contributed by atoms with Gasteiger partial charge in [-0.2, -0.15) is 0 Å². The Bertz CT molecular complexity index is 420. The number of hydrogen-bond acceptors (Lipinski definition) is 2. The molecule has 1 aromatic carbocycles. The van der Waals surface area contributed by atoms with Gasteiger partial charge in [-0.15, -0.1) is 0 Å². The fourth-order valence-electron chi connectivity index (χ4n) is 1.58.